The second-order valence-electron chi connectivity index (χ2n) is 3.12. The van der Waals surface area contributed by atoms with E-state index in [-0.39, 0.29) is 10.9 Å². The highest BCUT2D eigenvalue weighted by molar-refractivity contribution is 6.39. The number of rotatable bonds is 1. The van der Waals surface area contributed by atoms with Gasteiger partial charge < -0.3 is 5.11 Å². The van der Waals surface area contributed by atoms with Crippen molar-refractivity contribution >= 4 is 34.8 Å². The third-order valence-corrected chi connectivity index (χ3v) is 2.92. The molecule has 0 saturated carbocycles. The Morgan fingerprint density at radius 3 is 2.31 bits per heavy atom. The van der Waals surface area contributed by atoms with E-state index in [0.29, 0.717) is 21.2 Å². The molecule has 2 nitrogen and oxygen atoms in total. The zero-order chi connectivity index (χ0) is 11.7. The summed E-state index contributed by atoms with van der Waals surface area (Å²) in [5, 5.41) is 10.9. The average molecular weight is 275 g/mol. The van der Waals surface area contributed by atoms with Crippen molar-refractivity contribution in [1.82, 2.24) is 4.98 Å². The van der Waals surface area contributed by atoms with Gasteiger partial charge in [0, 0.05) is 11.1 Å². The molecule has 0 atom stereocenters. The third kappa shape index (κ3) is 2.09. The number of hydrogen-bond acceptors (Lipinski definition) is 2. The van der Waals surface area contributed by atoms with Gasteiger partial charge in [-0.25, -0.2) is 4.98 Å². The maximum Gasteiger partial charge on any atom is 0.141 e. The molecule has 0 bridgehead atoms. The molecule has 1 aromatic carbocycles. The fourth-order valence-corrected chi connectivity index (χ4v) is 2.14. The molecule has 1 N–H and O–H groups in total. The number of aromatic hydroxyl groups is 1. The van der Waals surface area contributed by atoms with Gasteiger partial charge in [0.1, 0.15) is 10.9 Å². The SMILES string of the molecule is Oc1cnc(Cl)cc1-c1c(Cl)cccc1Cl. The van der Waals surface area contributed by atoms with Crippen LogP contribution in [0.1, 0.15) is 0 Å². The summed E-state index contributed by atoms with van der Waals surface area (Å²) in [5.74, 6) is -0.0144. The van der Waals surface area contributed by atoms with Crippen LogP contribution >= 0.6 is 34.8 Å². The van der Waals surface area contributed by atoms with E-state index in [1.807, 2.05) is 0 Å². The highest BCUT2D eigenvalue weighted by atomic mass is 35.5. The molecular weight excluding hydrogens is 268 g/mol. The lowest BCUT2D eigenvalue weighted by Crippen LogP contribution is -1.85. The minimum Gasteiger partial charge on any atom is -0.506 e. The van der Waals surface area contributed by atoms with Crippen molar-refractivity contribution in [2.45, 2.75) is 0 Å². The van der Waals surface area contributed by atoms with Gasteiger partial charge in [-0.2, -0.15) is 0 Å². The van der Waals surface area contributed by atoms with Crippen molar-refractivity contribution in [3.05, 3.63) is 45.7 Å². The second-order valence-corrected chi connectivity index (χ2v) is 4.32. The number of benzene rings is 1. The van der Waals surface area contributed by atoms with E-state index < -0.39 is 0 Å². The maximum atomic E-state index is 9.70. The third-order valence-electron chi connectivity index (χ3n) is 2.08. The van der Waals surface area contributed by atoms with Gasteiger partial charge in [-0.15, -0.1) is 0 Å². The summed E-state index contributed by atoms with van der Waals surface area (Å²) in [4.78, 5) is 3.75. The Labute approximate surface area is 107 Å². The van der Waals surface area contributed by atoms with Gasteiger partial charge in [-0.05, 0) is 18.2 Å². The lowest BCUT2D eigenvalue weighted by Gasteiger charge is -2.08. The lowest BCUT2D eigenvalue weighted by atomic mass is 10.1. The maximum absolute atomic E-state index is 9.70. The van der Waals surface area contributed by atoms with Crippen LogP contribution in [-0.4, -0.2) is 10.1 Å². The Kier molecular flexibility index (Phi) is 3.24. The van der Waals surface area contributed by atoms with Gasteiger partial charge in [0.25, 0.3) is 0 Å². The van der Waals surface area contributed by atoms with E-state index in [4.69, 9.17) is 34.8 Å². The topological polar surface area (TPSA) is 33.1 Å². The largest absolute Gasteiger partial charge is 0.506 e. The molecular formula is C11H6Cl3NO. The second kappa shape index (κ2) is 4.50. The first-order valence-corrected chi connectivity index (χ1v) is 5.52. The summed E-state index contributed by atoms with van der Waals surface area (Å²) in [6, 6.07) is 6.63. The molecule has 0 aliphatic heterocycles. The molecule has 0 radical (unpaired) electrons. The highest BCUT2D eigenvalue weighted by Crippen LogP contribution is 2.39. The van der Waals surface area contributed by atoms with Gasteiger partial charge in [0.2, 0.25) is 0 Å². The Bertz CT molecular complexity index is 522. The molecule has 0 fully saturated rings. The fraction of sp³-hybridized carbons (Fsp3) is 0. The molecule has 82 valence electrons. The van der Waals surface area contributed by atoms with Crippen LogP contribution in [0.4, 0.5) is 0 Å². The Balaban J connectivity index is 2.72. The summed E-state index contributed by atoms with van der Waals surface area (Å²) < 4.78 is 0. The fourth-order valence-electron chi connectivity index (χ4n) is 1.38. The van der Waals surface area contributed by atoms with Crippen LogP contribution in [-0.2, 0) is 0 Å². The van der Waals surface area contributed by atoms with Crippen LogP contribution in [0.5, 0.6) is 5.75 Å². The number of nitrogens with zero attached hydrogens (tertiary/aromatic N) is 1. The number of pyridine rings is 1. The molecule has 1 aromatic heterocycles. The van der Waals surface area contributed by atoms with Crippen LogP contribution in [0.3, 0.4) is 0 Å². The van der Waals surface area contributed by atoms with Crippen LogP contribution in [0.2, 0.25) is 15.2 Å². The minimum atomic E-state index is -0.0144. The molecule has 0 saturated heterocycles. The Morgan fingerprint density at radius 2 is 1.69 bits per heavy atom. The van der Waals surface area contributed by atoms with E-state index in [1.165, 1.54) is 12.3 Å². The zero-order valence-electron chi connectivity index (χ0n) is 7.92. The van der Waals surface area contributed by atoms with Gasteiger partial charge in [0.05, 0.1) is 16.2 Å². The molecule has 0 aliphatic carbocycles. The monoisotopic (exact) mass is 273 g/mol. The van der Waals surface area contributed by atoms with Crippen LogP contribution < -0.4 is 0 Å². The Hall–Kier alpha value is -0.960. The van der Waals surface area contributed by atoms with E-state index in [9.17, 15) is 5.11 Å². The van der Waals surface area contributed by atoms with Crippen LogP contribution in [0.15, 0.2) is 30.5 Å². The molecule has 2 rings (SSSR count). The summed E-state index contributed by atoms with van der Waals surface area (Å²) in [5.41, 5.74) is 1.02. The molecule has 0 aliphatic rings. The molecule has 2 aromatic rings. The Morgan fingerprint density at radius 1 is 1.06 bits per heavy atom. The smallest absolute Gasteiger partial charge is 0.141 e. The molecule has 0 spiro atoms. The number of halogens is 3. The van der Waals surface area contributed by atoms with Crippen molar-refractivity contribution < 1.29 is 5.11 Å². The van der Waals surface area contributed by atoms with Crippen molar-refractivity contribution in [1.29, 1.82) is 0 Å². The van der Waals surface area contributed by atoms with Gasteiger partial charge in [-0.3, -0.25) is 0 Å². The quantitative estimate of drug-likeness (QED) is 0.781. The standard InChI is InChI=1S/C11H6Cl3NO/c12-7-2-1-3-8(13)11(7)6-4-10(14)15-5-9(6)16/h1-5,16H. The van der Waals surface area contributed by atoms with Crippen molar-refractivity contribution in [2.75, 3.05) is 0 Å². The average Bonchev–Trinajstić information content (AvgIpc) is 2.23. The van der Waals surface area contributed by atoms with E-state index in [2.05, 4.69) is 4.98 Å². The van der Waals surface area contributed by atoms with Crippen molar-refractivity contribution in [2.24, 2.45) is 0 Å². The highest BCUT2D eigenvalue weighted by Gasteiger charge is 2.13. The molecule has 0 unspecified atom stereocenters. The predicted octanol–water partition coefficient (Wildman–Crippen LogP) is 4.41. The number of hydrogen-bond donors (Lipinski definition) is 1. The molecule has 16 heavy (non-hydrogen) atoms. The van der Waals surface area contributed by atoms with Crippen molar-refractivity contribution in [3.8, 4) is 16.9 Å². The first-order chi connectivity index (χ1) is 7.59. The molecule has 0 amide bonds. The molecule has 1 heterocycles. The first-order valence-electron chi connectivity index (χ1n) is 4.38. The molecule has 5 heteroatoms. The van der Waals surface area contributed by atoms with Gasteiger partial charge in [-0.1, -0.05) is 40.9 Å². The van der Waals surface area contributed by atoms with E-state index >= 15 is 0 Å². The lowest BCUT2D eigenvalue weighted by molar-refractivity contribution is 0.475. The van der Waals surface area contributed by atoms with Crippen molar-refractivity contribution in [3.63, 3.8) is 0 Å². The summed E-state index contributed by atoms with van der Waals surface area (Å²) in [6.45, 7) is 0. The summed E-state index contributed by atoms with van der Waals surface area (Å²) in [6.07, 6.45) is 1.26. The predicted molar refractivity (Wildman–Crippen MR) is 66.4 cm³/mol. The van der Waals surface area contributed by atoms with Crippen LogP contribution in [0, 0.1) is 0 Å². The van der Waals surface area contributed by atoms with Crippen LogP contribution in [0.25, 0.3) is 11.1 Å². The first kappa shape index (κ1) is 11.5. The van der Waals surface area contributed by atoms with E-state index in [0.717, 1.165) is 0 Å². The number of aromatic nitrogens is 1. The van der Waals surface area contributed by atoms with Gasteiger partial charge in [0.15, 0.2) is 0 Å². The summed E-state index contributed by atoms with van der Waals surface area (Å²) in [7, 11) is 0. The minimum absolute atomic E-state index is 0.0144. The zero-order valence-corrected chi connectivity index (χ0v) is 10.2. The summed E-state index contributed by atoms with van der Waals surface area (Å²) >= 11 is 17.8. The van der Waals surface area contributed by atoms with Gasteiger partial charge >= 0.3 is 0 Å². The normalized spacial score (nSPS) is 10.4. The van der Waals surface area contributed by atoms with E-state index in [1.54, 1.807) is 18.2 Å².